The standard InChI is InChI=1S/C12H14N4O/c1-16(2)12-14-8-7-11(15-12)17-10-6-4-3-5-9(10)13/h3-8H,13H2,1-2H3. The van der Waals surface area contributed by atoms with Gasteiger partial charge in [0.1, 0.15) is 0 Å². The van der Waals surface area contributed by atoms with Crippen LogP contribution in [0.5, 0.6) is 11.6 Å². The van der Waals surface area contributed by atoms with E-state index in [9.17, 15) is 0 Å². The van der Waals surface area contributed by atoms with Crippen LogP contribution in [-0.4, -0.2) is 24.1 Å². The van der Waals surface area contributed by atoms with Crippen LogP contribution in [0.3, 0.4) is 0 Å². The number of anilines is 2. The van der Waals surface area contributed by atoms with Gasteiger partial charge in [-0.05, 0) is 12.1 Å². The highest BCUT2D eigenvalue weighted by molar-refractivity contribution is 5.53. The van der Waals surface area contributed by atoms with Crippen LogP contribution in [0.15, 0.2) is 36.5 Å². The van der Waals surface area contributed by atoms with E-state index in [2.05, 4.69) is 9.97 Å². The molecule has 0 spiro atoms. The predicted molar refractivity (Wildman–Crippen MR) is 67.3 cm³/mol. The van der Waals surface area contributed by atoms with E-state index >= 15 is 0 Å². The number of nitrogens with two attached hydrogens (primary N) is 1. The summed E-state index contributed by atoms with van der Waals surface area (Å²) in [5, 5.41) is 0. The van der Waals surface area contributed by atoms with Crippen molar-refractivity contribution in [2.24, 2.45) is 0 Å². The topological polar surface area (TPSA) is 64.3 Å². The molecule has 1 aromatic carbocycles. The van der Waals surface area contributed by atoms with E-state index in [4.69, 9.17) is 10.5 Å². The number of para-hydroxylation sites is 2. The molecule has 0 radical (unpaired) electrons. The molecule has 17 heavy (non-hydrogen) atoms. The van der Waals surface area contributed by atoms with E-state index in [1.165, 1.54) is 0 Å². The second kappa shape index (κ2) is 4.69. The van der Waals surface area contributed by atoms with E-state index in [-0.39, 0.29) is 0 Å². The minimum absolute atomic E-state index is 0.474. The zero-order valence-corrected chi connectivity index (χ0v) is 9.79. The van der Waals surface area contributed by atoms with Crippen LogP contribution >= 0.6 is 0 Å². The highest BCUT2D eigenvalue weighted by Gasteiger charge is 2.04. The lowest BCUT2D eigenvalue weighted by atomic mass is 10.3. The molecule has 2 rings (SSSR count). The summed E-state index contributed by atoms with van der Waals surface area (Å²) < 4.78 is 5.60. The fourth-order valence-corrected chi connectivity index (χ4v) is 1.29. The summed E-state index contributed by atoms with van der Waals surface area (Å²) in [5.74, 6) is 1.66. The monoisotopic (exact) mass is 230 g/mol. The fraction of sp³-hybridized carbons (Fsp3) is 0.167. The van der Waals surface area contributed by atoms with E-state index in [1.807, 2.05) is 26.2 Å². The van der Waals surface area contributed by atoms with Gasteiger partial charge in [0.25, 0.3) is 0 Å². The van der Waals surface area contributed by atoms with Crippen LogP contribution < -0.4 is 15.4 Å². The molecule has 1 heterocycles. The summed E-state index contributed by atoms with van der Waals surface area (Å²) in [6.45, 7) is 0. The first-order chi connectivity index (χ1) is 8.16. The number of benzene rings is 1. The van der Waals surface area contributed by atoms with Gasteiger partial charge in [-0.25, -0.2) is 4.98 Å². The Hall–Kier alpha value is -2.30. The van der Waals surface area contributed by atoms with Gasteiger partial charge in [0.15, 0.2) is 5.75 Å². The molecule has 0 aliphatic carbocycles. The number of nitrogens with zero attached hydrogens (tertiary/aromatic N) is 3. The van der Waals surface area contributed by atoms with Crippen molar-refractivity contribution < 1.29 is 4.74 Å². The van der Waals surface area contributed by atoms with Crippen molar-refractivity contribution >= 4 is 11.6 Å². The zero-order chi connectivity index (χ0) is 12.3. The smallest absolute Gasteiger partial charge is 0.228 e. The van der Waals surface area contributed by atoms with Gasteiger partial charge in [0.2, 0.25) is 11.8 Å². The molecule has 0 aliphatic rings. The Kier molecular flexibility index (Phi) is 3.09. The first-order valence-corrected chi connectivity index (χ1v) is 5.19. The SMILES string of the molecule is CN(C)c1nccc(Oc2ccccc2N)n1. The molecule has 0 unspecified atom stereocenters. The van der Waals surface area contributed by atoms with Crippen molar-refractivity contribution in [1.82, 2.24) is 9.97 Å². The number of nitrogen functional groups attached to an aromatic ring is 1. The Morgan fingerprint density at radius 2 is 1.94 bits per heavy atom. The van der Waals surface area contributed by atoms with Crippen LogP contribution in [-0.2, 0) is 0 Å². The van der Waals surface area contributed by atoms with Crippen LogP contribution in [0.25, 0.3) is 0 Å². The molecule has 0 bridgehead atoms. The molecule has 0 atom stereocenters. The molecule has 0 saturated carbocycles. The lowest BCUT2D eigenvalue weighted by molar-refractivity contribution is 0.464. The van der Waals surface area contributed by atoms with Crippen molar-refractivity contribution in [2.75, 3.05) is 24.7 Å². The molecule has 1 aromatic heterocycles. The van der Waals surface area contributed by atoms with Crippen molar-refractivity contribution in [3.8, 4) is 11.6 Å². The van der Waals surface area contributed by atoms with Gasteiger partial charge >= 0.3 is 0 Å². The number of hydrogen-bond acceptors (Lipinski definition) is 5. The highest BCUT2D eigenvalue weighted by atomic mass is 16.5. The Morgan fingerprint density at radius 3 is 2.65 bits per heavy atom. The number of hydrogen-bond donors (Lipinski definition) is 1. The number of rotatable bonds is 3. The number of ether oxygens (including phenoxy) is 1. The van der Waals surface area contributed by atoms with E-state index in [0.29, 0.717) is 23.3 Å². The molecular weight excluding hydrogens is 216 g/mol. The summed E-state index contributed by atoms with van der Waals surface area (Å²) >= 11 is 0. The average Bonchev–Trinajstić information content (AvgIpc) is 2.32. The zero-order valence-electron chi connectivity index (χ0n) is 9.79. The van der Waals surface area contributed by atoms with Gasteiger partial charge in [-0.3, -0.25) is 0 Å². The minimum atomic E-state index is 0.474. The van der Waals surface area contributed by atoms with Crippen LogP contribution in [0.1, 0.15) is 0 Å². The third kappa shape index (κ3) is 2.63. The summed E-state index contributed by atoms with van der Waals surface area (Å²) in [6.07, 6.45) is 1.65. The highest BCUT2D eigenvalue weighted by Crippen LogP contribution is 2.25. The van der Waals surface area contributed by atoms with Gasteiger partial charge in [-0.15, -0.1) is 0 Å². The molecule has 5 heteroatoms. The normalized spacial score (nSPS) is 10.0. The predicted octanol–water partition coefficient (Wildman–Crippen LogP) is 1.92. The summed E-state index contributed by atoms with van der Waals surface area (Å²) in [7, 11) is 3.74. The Bertz CT molecular complexity index is 513. The maximum absolute atomic E-state index is 5.79. The number of aromatic nitrogens is 2. The van der Waals surface area contributed by atoms with Crippen molar-refractivity contribution in [3.05, 3.63) is 36.5 Å². The first-order valence-electron chi connectivity index (χ1n) is 5.19. The lowest BCUT2D eigenvalue weighted by Crippen LogP contribution is -2.12. The van der Waals surface area contributed by atoms with E-state index in [1.54, 1.807) is 29.3 Å². The Morgan fingerprint density at radius 1 is 1.18 bits per heavy atom. The lowest BCUT2D eigenvalue weighted by Gasteiger charge is -2.11. The largest absolute Gasteiger partial charge is 0.437 e. The Balaban J connectivity index is 2.25. The van der Waals surface area contributed by atoms with Gasteiger partial charge in [-0.2, -0.15) is 4.98 Å². The summed E-state index contributed by atoms with van der Waals surface area (Å²) in [5.41, 5.74) is 6.37. The molecule has 0 saturated heterocycles. The molecule has 0 amide bonds. The molecule has 2 N–H and O–H groups in total. The maximum atomic E-state index is 5.79. The molecule has 88 valence electrons. The second-order valence-corrected chi connectivity index (χ2v) is 3.73. The Labute approximate surface area is 99.9 Å². The van der Waals surface area contributed by atoms with Crippen LogP contribution in [0.2, 0.25) is 0 Å². The summed E-state index contributed by atoms with van der Waals surface area (Å²) in [4.78, 5) is 10.2. The third-order valence-corrected chi connectivity index (χ3v) is 2.15. The van der Waals surface area contributed by atoms with Crippen LogP contribution in [0.4, 0.5) is 11.6 Å². The minimum Gasteiger partial charge on any atom is -0.437 e. The fourth-order valence-electron chi connectivity index (χ4n) is 1.29. The van der Waals surface area contributed by atoms with Crippen molar-refractivity contribution in [3.63, 3.8) is 0 Å². The molecule has 0 fully saturated rings. The van der Waals surface area contributed by atoms with E-state index < -0.39 is 0 Å². The third-order valence-electron chi connectivity index (χ3n) is 2.15. The maximum Gasteiger partial charge on any atom is 0.228 e. The molecular formula is C12H14N4O. The van der Waals surface area contributed by atoms with Gasteiger partial charge in [0.05, 0.1) is 5.69 Å². The van der Waals surface area contributed by atoms with Gasteiger partial charge in [0, 0.05) is 26.4 Å². The van der Waals surface area contributed by atoms with E-state index in [0.717, 1.165) is 0 Å². The molecule has 2 aromatic rings. The van der Waals surface area contributed by atoms with Gasteiger partial charge in [-0.1, -0.05) is 12.1 Å². The van der Waals surface area contributed by atoms with Crippen molar-refractivity contribution in [1.29, 1.82) is 0 Å². The van der Waals surface area contributed by atoms with Gasteiger partial charge < -0.3 is 15.4 Å². The average molecular weight is 230 g/mol. The molecule has 5 nitrogen and oxygen atoms in total. The second-order valence-electron chi connectivity index (χ2n) is 3.73. The van der Waals surface area contributed by atoms with Crippen molar-refractivity contribution in [2.45, 2.75) is 0 Å². The first kappa shape index (κ1) is 11.2. The van der Waals surface area contributed by atoms with Crippen LogP contribution in [0, 0.1) is 0 Å². The quantitative estimate of drug-likeness (QED) is 0.816. The molecule has 0 aliphatic heterocycles. The summed E-state index contributed by atoms with van der Waals surface area (Å²) in [6, 6.07) is 8.99.